The van der Waals surface area contributed by atoms with E-state index >= 15 is 0 Å². The maximum Gasteiger partial charge on any atom is 0.227 e. The Kier molecular flexibility index (Phi) is 8.93. The number of benzene rings is 2. The molecule has 2 aliphatic heterocycles. The molecule has 1 aromatic heterocycles. The van der Waals surface area contributed by atoms with E-state index in [1.165, 1.54) is 16.8 Å². The molecule has 0 amide bonds. The molecule has 3 aromatic rings. The summed E-state index contributed by atoms with van der Waals surface area (Å²) in [5.74, 6) is 0.578. The number of anilines is 3. The molecule has 2 aliphatic rings. The van der Waals surface area contributed by atoms with Crippen molar-refractivity contribution in [1.82, 2.24) is 25.1 Å². The number of aldehydes is 1. The van der Waals surface area contributed by atoms with E-state index in [1.807, 2.05) is 13.1 Å². The molecule has 0 saturated carbocycles. The topological polar surface area (TPSA) is 85.9 Å². The van der Waals surface area contributed by atoms with E-state index in [4.69, 9.17) is 9.72 Å². The fourth-order valence-corrected chi connectivity index (χ4v) is 5.13. The smallest absolute Gasteiger partial charge is 0.227 e. The Morgan fingerprint density at radius 2 is 1.79 bits per heavy atom. The van der Waals surface area contributed by atoms with Crippen LogP contribution >= 0.6 is 0 Å². The molecule has 2 fully saturated rings. The normalized spacial score (nSPS) is 16.9. The van der Waals surface area contributed by atoms with Gasteiger partial charge in [0.05, 0.1) is 25.5 Å². The van der Waals surface area contributed by atoms with Crippen molar-refractivity contribution in [2.75, 3.05) is 76.3 Å². The average Bonchev–Trinajstić information content (AvgIpc) is 2.95. The van der Waals surface area contributed by atoms with Gasteiger partial charge in [0, 0.05) is 75.5 Å². The predicted octanol–water partition coefficient (Wildman–Crippen LogP) is 2.76. The van der Waals surface area contributed by atoms with Gasteiger partial charge in [-0.2, -0.15) is 0 Å². The summed E-state index contributed by atoms with van der Waals surface area (Å²) in [6.45, 7) is 9.21. The minimum atomic E-state index is 0.519. The minimum absolute atomic E-state index is 0.519. The van der Waals surface area contributed by atoms with Crippen molar-refractivity contribution >= 4 is 23.6 Å². The number of hydrogen-bond acceptors (Lipinski definition) is 9. The Labute approximate surface area is 224 Å². The molecule has 0 aliphatic carbocycles. The van der Waals surface area contributed by atoms with E-state index < -0.39 is 0 Å². The van der Waals surface area contributed by atoms with Crippen LogP contribution in [0.5, 0.6) is 0 Å². The summed E-state index contributed by atoms with van der Waals surface area (Å²) in [7, 11) is 1.95. The lowest BCUT2D eigenvalue weighted by molar-refractivity contribution is -0.109. The Balaban J connectivity index is 1.35. The molecule has 0 bridgehead atoms. The van der Waals surface area contributed by atoms with E-state index in [0.717, 1.165) is 88.8 Å². The van der Waals surface area contributed by atoms with Gasteiger partial charge in [0.15, 0.2) is 0 Å². The minimum Gasteiger partial charge on any atom is -0.378 e. The first-order valence-corrected chi connectivity index (χ1v) is 13.4. The van der Waals surface area contributed by atoms with E-state index in [0.29, 0.717) is 12.5 Å². The number of nitrogens with zero attached hydrogens (tertiary/aromatic N) is 5. The highest BCUT2D eigenvalue weighted by atomic mass is 16.5. The van der Waals surface area contributed by atoms with Crippen LogP contribution in [-0.2, 0) is 22.6 Å². The number of carbonyl (C=O) groups is 1. The summed E-state index contributed by atoms with van der Waals surface area (Å²) < 4.78 is 5.60. The Hall–Kier alpha value is -3.37. The van der Waals surface area contributed by atoms with Crippen molar-refractivity contribution in [1.29, 1.82) is 0 Å². The fraction of sp³-hybridized carbons (Fsp3) is 0.414. The third-order valence-corrected chi connectivity index (χ3v) is 7.14. The van der Waals surface area contributed by atoms with Crippen molar-refractivity contribution in [3.8, 4) is 11.3 Å². The van der Waals surface area contributed by atoms with Crippen LogP contribution in [0.2, 0.25) is 0 Å². The van der Waals surface area contributed by atoms with E-state index in [2.05, 4.69) is 72.8 Å². The average molecular weight is 516 g/mol. The molecule has 2 saturated heterocycles. The Morgan fingerprint density at radius 3 is 2.58 bits per heavy atom. The van der Waals surface area contributed by atoms with Crippen molar-refractivity contribution in [2.24, 2.45) is 0 Å². The molecule has 3 heterocycles. The number of carbonyl (C=O) groups excluding carboxylic acids is 1. The first kappa shape index (κ1) is 26.2. The Bertz CT molecular complexity index is 1210. The van der Waals surface area contributed by atoms with Crippen LogP contribution in [0.4, 0.5) is 17.3 Å². The first-order valence-electron chi connectivity index (χ1n) is 13.4. The second kappa shape index (κ2) is 12.9. The van der Waals surface area contributed by atoms with Crippen LogP contribution in [0.25, 0.3) is 11.3 Å². The number of morpholine rings is 1. The van der Waals surface area contributed by atoms with Gasteiger partial charge in [-0.1, -0.05) is 18.2 Å². The Morgan fingerprint density at radius 1 is 0.974 bits per heavy atom. The van der Waals surface area contributed by atoms with Crippen molar-refractivity contribution < 1.29 is 9.53 Å². The molecular formula is C29H37N7O2. The third kappa shape index (κ3) is 6.73. The molecule has 0 unspecified atom stereocenters. The molecule has 9 nitrogen and oxygen atoms in total. The lowest BCUT2D eigenvalue weighted by Gasteiger charge is -2.36. The number of hydrogen-bond donors (Lipinski definition) is 2. The number of rotatable bonds is 10. The second-order valence-electron chi connectivity index (χ2n) is 9.81. The number of piperazine rings is 1. The molecule has 0 spiro atoms. The number of aromatic nitrogens is 2. The highest BCUT2D eigenvalue weighted by Crippen LogP contribution is 2.29. The molecule has 9 heteroatoms. The first-order chi connectivity index (χ1) is 18.7. The van der Waals surface area contributed by atoms with Crippen LogP contribution in [0.15, 0.2) is 54.7 Å². The maximum atomic E-state index is 10.9. The predicted molar refractivity (Wildman–Crippen MR) is 151 cm³/mol. The van der Waals surface area contributed by atoms with Gasteiger partial charge in [0.2, 0.25) is 5.95 Å². The fourth-order valence-electron chi connectivity index (χ4n) is 5.13. The highest BCUT2D eigenvalue weighted by Gasteiger charge is 2.21. The van der Waals surface area contributed by atoms with Gasteiger partial charge in [0.1, 0.15) is 6.29 Å². The largest absolute Gasteiger partial charge is 0.378 e. The van der Waals surface area contributed by atoms with Gasteiger partial charge in [-0.15, -0.1) is 0 Å². The molecule has 38 heavy (non-hydrogen) atoms. The molecule has 0 atom stereocenters. The summed E-state index contributed by atoms with van der Waals surface area (Å²) in [5.41, 5.74) is 6.67. The van der Waals surface area contributed by atoms with Crippen LogP contribution in [-0.4, -0.2) is 92.1 Å². The molecule has 2 N–H and O–H groups in total. The third-order valence-electron chi connectivity index (χ3n) is 7.14. The second-order valence-corrected chi connectivity index (χ2v) is 9.81. The zero-order chi connectivity index (χ0) is 26.2. The quantitative estimate of drug-likeness (QED) is 0.396. The van der Waals surface area contributed by atoms with Gasteiger partial charge in [-0.25, -0.2) is 9.97 Å². The summed E-state index contributed by atoms with van der Waals surface area (Å²) in [4.78, 5) is 27.3. The van der Waals surface area contributed by atoms with Crippen LogP contribution in [0.3, 0.4) is 0 Å². The standard InChI is InChI=1S/C29H37N7O2/c1-30-21-23-3-2-4-24(19-23)27-7-8-31-29(33-27)32-26-5-6-28(36-14-17-38-18-15-36)25(20-26)22-35-11-9-34(10-12-35)13-16-37/h2-8,16,19-20,30H,9-15,17-18,21-22H2,1H3,(H,31,32,33). The van der Waals surface area contributed by atoms with Crippen LogP contribution in [0.1, 0.15) is 11.1 Å². The van der Waals surface area contributed by atoms with Crippen LogP contribution in [0, 0.1) is 0 Å². The maximum absolute atomic E-state index is 10.9. The molecule has 5 rings (SSSR count). The van der Waals surface area contributed by atoms with Crippen LogP contribution < -0.4 is 15.5 Å². The monoisotopic (exact) mass is 515 g/mol. The zero-order valence-electron chi connectivity index (χ0n) is 22.1. The number of ether oxygens (including phenoxy) is 1. The molecule has 0 radical (unpaired) electrons. The summed E-state index contributed by atoms with van der Waals surface area (Å²) in [6.07, 6.45) is 2.80. The van der Waals surface area contributed by atoms with Gasteiger partial charge < -0.3 is 25.1 Å². The summed E-state index contributed by atoms with van der Waals surface area (Å²) in [6, 6.07) is 16.9. The summed E-state index contributed by atoms with van der Waals surface area (Å²) in [5, 5.41) is 6.64. The molecular weight excluding hydrogens is 478 g/mol. The zero-order valence-corrected chi connectivity index (χ0v) is 22.1. The van der Waals surface area contributed by atoms with Gasteiger partial charge in [0.25, 0.3) is 0 Å². The molecule has 200 valence electrons. The van der Waals surface area contributed by atoms with E-state index in [1.54, 1.807) is 6.20 Å². The van der Waals surface area contributed by atoms with Gasteiger partial charge in [-0.3, -0.25) is 9.80 Å². The number of nitrogens with one attached hydrogen (secondary N) is 2. The van der Waals surface area contributed by atoms with Crippen molar-refractivity contribution in [2.45, 2.75) is 13.1 Å². The van der Waals surface area contributed by atoms with Crippen molar-refractivity contribution in [3.05, 3.63) is 65.9 Å². The molecule has 2 aromatic carbocycles. The van der Waals surface area contributed by atoms with Gasteiger partial charge >= 0.3 is 0 Å². The van der Waals surface area contributed by atoms with E-state index in [9.17, 15) is 4.79 Å². The van der Waals surface area contributed by atoms with Gasteiger partial charge in [-0.05, 0) is 48.5 Å². The highest BCUT2D eigenvalue weighted by molar-refractivity contribution is 5.66. The lowest BCUT2D eigenvalue weighted by atomic mass is 10.1. The summed E-state index contributed by atoms with van der Waals surface area (Å²) >= 11 is 0. The van der Waals surface area contributed by atoms with E-state index in [-0.39, 0.29) is 0 Å². The lowest BCUT2D eigenvalue weighted by Crippen LogP contribution is -2.46. The van der Waals surface area contributed by atoms with Crippen molar-refractivity contribution in [3.63, 3.8) is 0 Å². The SMILES string of the molecule is CNCc1cccc(-c2ccnc(Nc3ccc(N4CCOCC4)c(CN4CCN(CC=O)CC4)c3)n2)c1.